The molecule has 3 aromatic carbocycles. The minimum Gasteiger partial charge on any atom is -0.490 e. The number of aliphatic hydroxyl groups excluding tert-OH is 1. The second-order valence-electron chi connectivity index (χ2n) is 9.91. The molecule has 0 fully saturated rings. The van der Waals surface area contributed by atoms with Gasteiger partial charge in [-0.15, -0.1) is 0 Å². The van der Waals surface area contributed by atoms with Gasteiger partial charge >= 0.3 is 0 Å². The van der Waals surface area contributed by atoms with Crippen LogP contribution in [0.4, 0.5) is 11.4 Å². The van der Waals surface area contributed by atoms with Crippen LogP contribution in [0.3, 0.4) is 0 Å². The third kappa shape index (κ3) is 3.55. The molecule has 2 aliphatic heterocycles. The molecule has 5 rings (SSSR count). The minimum atomic E-state index is -2.60. The summed E-state index contributed by atoms with van der Waals surface area (Å²) in [7, 11) is -0.918. The number of anilines is 2. The highest BCUT2D eigenvalue weighted by Crippen LogP contribution is 2.49. The van der Waals surface area contributed by atoms with Crippen molar-refractivity contribution in [3.63, 3.8) is 0 Å². The van der Waals surface area contributed by atoms with Gasteiger partial charge in [0.05, 0.1) is 17.4 Å². The summed E-state index contributed by atoms with van der Waals surface area (Å²) in [6.07, 6.45) is -0.0466. The van der Waals surface area contributed by atoms with Crippen LogP contribution in [0, 0.1) is 5.92 Å². The molecular weight excluding hydrogens is 446 g/mol. The van der Waals surface area contributed by atoms with E-state index in [-0.39, 0.29) is 36.2 Å². The third-order valence-corrected chi connectivity index (χ3v) is 9.80. The molecule has 4 atom stereocenters. The van der Waals surface area contributed by atoms with E-state index in [9.17, 15) is 14.7 Å². The summed E-state index contributed by atoms with van der Waals surface area (Å²) in [5.74, 6) is 0.611. The van der Waals surface area contributed by atoms with Crippen molar-refractivity contribution in [3.8, 4) is 5.75 Å². The van der Waals surface area contributed by atoms with E-state index in [1.54, 1.807) is 12.0 Å². The van der Waals surface area contributed by atoms with Crippen molar-refractivity contribution >= 4 is 36.4 Å². The molecule has 2 N–H and O–H groups in total. The van der Waals surface area contributed by atoms with E-state index in [1.807, 2.05) is 67.7 Å². The van der Waals surface area contributed by atoms with E-state index >= 15 is 0 Å². The summed E-state index contributed by atoms with van der Waals surface area (Å²) in [5.41, 5.74) is 3.11. The van der Waals surface area contributed by atoms with Gasteiger partial charge in [-0.2, -0.15) is 0 Å². The van der Waals surface area contributed by atoms with E-state index in [2.05, 4.69) is 6.92 Å². The molecule has 1 amide bonds. The van der Waals surface area contributed by atoms with Crippen molar-refractivity contribution in [2.75, 3.05) is 18.6 Å². The molecule has 178 valence electrons. The minimum absolute atomic E-state index is 0.000851. The lowest BCUT2D eigenvalue weighted by Gasteiger charge is -2.43. The van der Waals surface area contributed by atoms with Crippen molar-refractivity contribution in [1.82, 2.24) is 0 Å². The van der Waals surface area contributed by atoms with E-state index in [4.69, 9.17) is 9.47 Å². The molecule has 2 aliphatic rings. The van der Waals surface area contributed by atoms with Crippen LogP contribution in [0.15, 0.2) is 54.6 Å². The second-order valence-corrected chi connectivity index (χ2v) is 14.0. The van der Waals surface area contributed by atoms with Crippen molar-refractivity contribution in [1.29, 1.82) is 0 Å². The topological polar surface area (TPSA) is 79.2 Å². The summed E-state index contributed by atoms with van der Waals surface area (Å²) >= 11 is 0. The summed E-state index contributed by atoms with van der Waals surface area (Å²) in [4.78, 5) is 26.1. The van der Waals surface area contributed by atoms with E-state index in [0.717, 1.165) is 27.7 Å². The van der Waals surface area contributed by atoms with Crippen molar-refractivity contribution in [3.05, 3.63) is 65.7 Å². The maximum atomic E-state index is 13.4. The second kappa shape index (κ2) is 8.50. The number of benzene rings is 3. The smallest absolute Gasteiger partial charge is 0.263 e. The van der Waals surface area contributed by atoms with Gasteiger partial charge in [-0.1, -0.05) is 31.2 Å². The lowest BCUT2D eigenvalue weighted by Crippen LogP contribution is -2.48. The van der Waals surface area contributed by atoms with Crippen LogP contribution in [-0.4, -0.2) is 43.9 Å². The van der Waals surface area contributed by atoms with Crippen LogP contribution >= 0.6 is 0 Å². The molecule has 3 aromatic rings. The predicted octanol–water partition coefficient (Wildman–Crippen LogP) is 5.17. The zero-order valence-electron chi connectivity index (χ0n) is 20.0. The monoisotopic (exact) mass is 477 g/mol. The molecule has 7 heteroatoms. The highest BCUT2D eigenvalue weighted by molar-refractivity contribution is 6.71. The first-order valence-corrected chi connectivity index (χ1v) is 14.8. The van der Waals surface area contributed by atoms with E-state index < -0.39 is 8.32 Å². The first kappa shape index (κ1) is 23.0. The first-order valence-electron chi connectivity index (χ1n) is 11.8. The number of carbonyl (C=O) groups is 1. The highest BCUT2D eigenvalue weighted by Gasteiger charge is 2.46. The van der Waals surface area contributed by atoms with Gasteiger partial charge in [0.25, 0.3) is 5.91 Å². The van der Waals surface area contributed by atoms with Crippen LogP contribution < -0.4 is 9.64 Å². The van der Waals surface area contributed by atoms with Gasteiger partial charge in [-0.25, -0.2) is 0 Å². The SMILES string of the molecule is CO[C@@H]1c2cc(N3C(=O)c4cccc5cccc3c45)ccc2O[C@H](C(CCO)[Si](C)(C)O)[C@H]1C. The van der Waals surface area contributed by atoms with Gasteiger partial charge in [0.2, 0.25) is 0 Å². The molecule has 6 nitrogen and oxygen atoms in total. The lowest BCUT2D eigenvalue weighted by atomic mass is 9.86. The fourth-order valence-corrected chi connectivity index (χ4v) is 7.75. The van der Waals surface area contributed by atoms with Crippen LogP contribution in [0.25, 0.3) is 10.8 Å². The standard InChI is InChI=1S/C27H31NO5Si/c1-16-25(32-2)20-15-18(11-12-22(20)33-26(16)23(13-14-29)34(3,4)31)28-21-10-6-8-17-7-5-9-19(24(17)21)27(28)30/h5-12,15-16,23,25-26,29,31H,13-14H2,1-4H3/t16-,23?,25-,26-/m0/s1. The Bertz CT molecular complexity index is 1250. The Morgan fingerprint density at radius 3 is 2.56 bits per heavy atom. The average Bonchev–Trinajstić information content (AvgIpc) is 3.10. The predicted molar refractivity (Wildman–Crippen MR) is 135 cm³/mol. The number of hydrogen-bond donors (Lipinski definition) is 2. The Morgan fingerprint density at radius 2 is 1.88 bits per heavy atom. The van der Waals surface area contributed by atoms with E-state index in [0.29, 0.717) is 17.7 Å². The molecular formula is C27H31NO5Si. The normalized spacial score (nSPS) is 22.6. The summed E-state index contributed by atoms with van der Waals surface area (Å²) in [6.45, 7) is 5.85. The largest absolute Gasteiger partial charge is 0.490 e. The Labute approximate surface area is 200 Å². The van der Waals surface area contributed by atoms with Crippen LogP contribution in [0.2, 0.25) is 18.6 Å². The van der Waals surface area contributed by atoms with Gasteiger partial charge in [-0.3, -0.25) is 9.69 Å². The van der Waals surface area contributed by atoms with Crippen molar-refractivity contribution < 1.29 is 24.2 Å². The van der Waals surface area contributed by atoms with Crippen LogP contribution in [0.1, 0.15) is 35.4 Å². The van der Waals surface area contributed by atoms with Crippen molar-refractivity contribution in [2.24, 2.45) is 5.92 Å². The first-order chi connectivity index (χ1) is 16.3. The summed E-state index contributed by atoms with van der Waals surface area (Å²) in [6, 6.07) is 17.6. The molecule has 0 saturated heterocycles. The molecule has 0 radical (unpaired) electrons. The molecule has 0 saturated carbocycles. The van der Waals surface area contributed by atoms with Gasteiger partial charge < -0.3 is 19.4 Å². The summed E-state index contributed by atoms with van der Waals surface area (Å²) < 4.78 is 12.4. The number of rotatable bonds is 6. The average molecular weight is 478 g/mol. The fraction of sp³-hybridized carbons (Fsp3) is 0.370. The zero-order valence-corrected chi connectivity index (χ0v) is 21.0. The van der Waals surface area contributed by atoms with Crippen molar-refractivity contribution in [2.45, 2.75) is 44.2 Å². The maximum Gasteiger partial charge on any atom is 0.263 e. The molecule has 0 aliphatic carbocycles. The van der Waals surface area contributed by atoms with Gasteiger partial charge in [0.1, 0.15) is 11.9 Å². The number of hydrogen-bond acceptors (Lipinski definition) is 5. The Kier molecular flexibility index (Phi) is 5.76. The number of fused-ring (bicyclic) bond motifs is 1. The molecule has 0 aromatic heterocycles. The molecule has 2 heterocycles. The molecule has 0 bridgehead atoms. The number of carbonyl (C=O) groups excluding carboxylic acids is 1. The third-order valence-electron chi connectivity index (χ3n) is 7.37. The number of amides is 1. The van der Waals surface area contributed by atoms with Gasteiger partial charge in [0.15, 0.2) is 8.32 Å². The van der Waals surface area contributed by atoms with Crippen LogP contribution in [0.5, 0.6) is 5.75 Å². The number of aliphatic hydroxyl groups is 1. The molecule has 34 heavy (non-hydrogen) atoms. The molecule has 1 unspecified atom stereocenters. The van der Waals surface area contributed by atoms with Gasteiger partial charge in [0, 0.05) is 41.8 Å². The zero-order chi connectivity index (χ0) is 24.2. The number of ether oxygens (including phenoxy) is 2. The number of methoxy groups -OCH3 is 1. The highest BCUT2D eigenvalue weighted by atomic mass is 28.4. The van der Waals surface area contributed by atoms with Gasteiger partial charge in [-0.05, 0) is 55.2 Å². The lowest BCUT2D eigenvalue weighted by molar-refractivity contribution is -0.0255. The Hall–Kier alpha value is -2.71. The quantitative estimate of drug-likeness (QED) is 0.479. The molecule has 0 spiro atoms. The van der Waals surface area contributed by atoms with E-state index in [1.165, 1.54) is 0 Å². The number of nitrogens with zero attached hydrogens (tertiary/aromatic N) is 1. The Morgan fingerprint density at radius 1 is 1.15 bits per heavy atom. The Balaban J connectivity index is 1.56. The maximum absolute atomic E-state index is 13.4. The van der Waals surface area contributed by atoms with Crippen LogP contribution in [-0.2, 0) is 4.74 Å². The fourth-order valence-electron chi connectivity index (χ4n) is 5.73. The summed E-state index contributed by atoms with van der Waals surface area (Å²) in [5, 5.41) is 11.7.